The number of benzene rings is 1. The molecule has 116 valence electrons. The molecule has 0 radical (unpaired) electrons. The molecule has 6 nitrogen and oxygen atoms in total. The molecule has 0 spiro atoms. The first-order valence-corrected chi connectivity index (χ1v) is 8.15. The fraction of sp³-hybridized carbons (Fsp3) is 0.250. The maximum absolute atomic E-state index is 12.3. The quantitative estimate of drug-likeness (QED) is 0.689. The normalized spacial score (nSPS) is 13.2. The Morgan fingerprint density at radius 3 is 3.04 bits per heavy atom. The molecule has 2 heterocycles. The molecular weight excluding hydrogens is 314 g/mol. The molecule has 1 aromatic carbocycles. The highest BCUT2D eigenvalue weighted by molar-refractivity contribution is 7.14. The second-order valence-electron chi connectivity index (χ2n) is 5.38. The van der Waals surface area contributed by atoms with Gasteiger partial charge in [0.15, 0.2) is 6.73 Å². The van der Waals surface area contributed by atoms with Crippen LogP contribution in [0.5, 0.6) is 0 Å². The average molecular weight is 327 g/mol. The number of thiophene rings is 1. The van der Waals surface area contributed by atoms with Crippen LogP contribution in [0, 0.1) is 0 Å². The van der Waals surface area contributed by atoms with Gasteiger partial charge >= 0.3 is 5.97 Å². The highest BCUT2D eigenvalue weighted by atomic mass is 32.1. The van der Waals surface area contributed by atoms with E-state index in [2.05, 4.69) is 10.3 Å². The molecule has 0 fully saturated rings. The summed E-state index contributed by atoms with van der Waals surface area (Å²) in [6.45, 7) is -0.238. The van der Waals surface area contributed by atoms with Gasteiger partial charge in [0.2, 0.25) is 0 Å². The van der Waals surface area contributed by atoms with Crippen molar-refractivity contribution in [1.82, 2.24) is 15.0 Å². The molecule has 7 heteroatoms. The smallest absolute Gasteiger partial charge is 0.350 e. The third-order valence-corrected chi connectivity index (χ3v) is 5.11. The van der Waals surface area contributed by atoms with Crippen molar-refractivity contribution in [2.24, 2.45) is 0 Å². The van der Waals surface area contributed by atoms with Crippen molar-refractivity contribution in [1.29, 1.82) is 0 Å². The summed E-state index contributed by atoms with van der Waals surface area (Å²) < 4.78 is 6.27. The van der Waals surface area contributed by atoms with Gasteiger partial charge in [-0.2, -0.15) is 4.68 Å². The molecule has 1 aliphatic carbocycles. The van der Waals surface area contributed by atoms with E-state index in [1.165, 1.54) is 21.8 Å². The molecule has 0 unspecified atom stereocenters. The van der Waals surface area contributed by atoms with Crippen molar-refractivity contribution in [3.05, 3.63) is 56.0 Å². The highest BCUT2D eigenvalue weighted by Crippen LogP contribution is 2.30. The number of esters is 1. The summed E-state index contributed by atoms with van der Waals surface area (Å²) in [5, 5.41) is 8.21. The van der Waals surface area contributed by atoms with E-state index in [9.17, 15) is 9.59 Å². The zero-order valence-corrected chi connectivity index (χ0v) is 13.0. The molecule has 0 N–H and O–H groups in total. The van der Waals surface area contributed by atoms with Crippen LogP contribution in [0.2, 0.25) is 0 Å². The third kappa shape index (κ3) is 2.53. The number of ether oxygens (including phenoxy) is 1. The Morgan fingerprint density at radius 2 is 2.17 bits per heavy atom. The van der Waals surface area contributed by atoms with Gasteiger partial charge in [0, 0.05) is 4.88 Å². The number of hydrogen-bond donors (Lipinski definition) is 0. The van der Waals surface area contributed by atoms with Gasteiger partial charge in [0.25, 0.3) is 5.56 Å². The van der Waals surface area contributed by atoms with E-state index in [0.29, 0.717) is 15.8 Å². The first-order chi connectivity index (χ1) is 11.2. The van der Waals surface area contributed by atoms with E-state index < -0.39 is 5.97 Å². The van der Waals surface area contributed by atoms with E-state index in [1.54, 1.807) is 24.3 Å². The van der Waals surface area contributed by atoms with Crippen LogP contribution >= 0.6 is 11.3 Å². The molecule has 0 saturated heterocycles. The summed E-state index contributed by atoms with van der Waals surface area (Å²) >= 11 is 1.47. The van der Waals surface area contributed by atoms with E-state index >= 15 is 0 Å². The molecule has 23 heavy (non-hydrogen) atoms. The van der Waals surface area contributed by atoms with Crippen LogP contribution in [-0.4, -0.2) is 21.0 Å². The van der Waals surface area contributed by atoms with Crippen molar-refractivity contribution in [3.63, 3.8) is 0 Å². The maximum Gasteiger partial charge on any atom is 0.350 e. The second-order valence-corrected chi connectivity index (χ2v) is 6.52. The number of carbonyl (C=O) groups is 1. The van der Waals surface area contributed by atoms with Gasteiger partial charge in [-0.15, -0.1) is 16.4 Å². The standard InChI is InChI=1S/C16H13N3O3S/c20-15-11-5-1-2-6-12(11)17-18-19(15)9-22-16(21)14-8-10-4-3-7-13(10)23-14/h1-2,5-6,8H,3-4,7,9H2. The van der Waals surface area contributed by atoms with Gasteiger partial charge in [-0.25, -0.2) is 4.79 Å². The summed E-state index contributed by atoms with van der Waals surface area (Å²) in [5.41, 5.74) is 1.44. The Bertz CT molecular complexity index is 939. The van der Waals surface area contributed by atoms with Crippen LogP contribution in [0.1, 0.15) is 26.5 Å². The Kier molecular flexibility index (Phi) is 3.42. The Labute approximate surface area is 135 Å². The second kappa shape index (κ2) is 5.58. The van der Waals surface area contributed by atoms with E-state index in [4.69, 9.17) is 4.74 Å². The minimum Gasteiger partial charge on any atom is -0.438 e. The van der Waals surface area contributed by atoms with Crippen LogP contribution in [-0.2, 0) is 24.3 Å². The van der Waals surface area contributed by atoms with E-state index in [0.717, 1.165) is 23.9 Å². The summed E-state index contributed by atoms with van der Waals surface area (Å²) in [6.07, 6.45) is 3.20. The maximum atomic E-state index is 12.3. The first kappa shape index (κ1) is 14.1. The molecule has 4 rings (SSSR count). The average Bonchev–Trinajstić information content (AvgIpc) is 3.16. The van der Waals surface area contributed by atoms with Crippen molar-refractivity contribution >= 4 is 28.2 Å². The molecular formula is C16H13N3O3S. The Balaban J connectivity index is 1.53. The van der Waals surface area contributed by atoms with Crippen LogP contribution in [0.4, 0.5) is 0 Å². The molecule has 0 saturated carbocycles. The highest BCUT2D eigenvalue weighted by Gasteiger charge is 2.19. The molecule has 3 aromatic rings. The van der Waals surface area contributed by atoms with Crippen molar-refractivity contribution in [2.75, 3.05) is 0 Å². The van der Waals surface area contributed by atoms with Crippen LogP contribution in [0.15, 0.2) is 35.1 Å². The lowest BCUT2D eigenvalue weighted by Gasteiger charge is -2.05. The van der Waals surface area contributed by atoms with Crippen molar-refractivity contribution < 1.29 is 9.53 Å². The minimum absolute atomic E-state index is 0.238. The monoisotopic (exact) mass is 327 g/mol. The van der Waals surface area contributed by atoms with Crippen LogP contribution in [0.25, 0.3) is 10.9 Å². The lowest BCUT2D eigenvalue weighted by Crippen LogP contribution is -2.26. The van der Waals surface area contributed by atoms with Gasteiger partial charge < -0.3 is 4.74 Å². The Hall–Kier alpha value is -2.54. The van der Waals surface area contributed by atoms with Crippen molar-refractivity contribution in [2.45, 2.75) is 26.0 Å². The number of aromatic nitrogens is 3. The summed E-state index contributed by atoms with van der Waals surface area (Å²) in [7, 11) is 0. The van der Waals surface area contributed by atoms with Gasteiger partial charge in [0.05, 0.1) is 5.39 Å². The molecule has 1 aliphatic rings. The summed E-state index contributed by atoms with van der Waals surface area (Å²) in [6, 6.07) is 8.83. The molecule has 0 atom stereocenters. The molecule has 0 aliphatic heterocycles. The number of hydrogen-bond acceptors (Lipinski definition) is 6. The van der Waals surface area contributed by atoms with E-state index in [-0.39, 0.29) is 12.3 Å². The van der Waals surface area contributed by atoms with Crippen LogP contribution < -0.4 is 5.56 Å². The number of fused-ring (bicyclic) bond motifs is 2. The van der Waals surface area contributed by atoms with Gasteiger partial charge in [-0.3, -0.25) is 4.79 Å². The fourth-order valence-electron chi connectivity index (χ4n) is 2.73. The summed E-state index contributed by atoms with van der Waals surface area (Å²) in [4.78, 5) is 26.2. The van der Waals surface area contributed by atoms with Gasteiger partial charge in [-0.05, 0) is 43.0 Å². The SMILES string of the molecule is O=C(OCn1nnc2ccccc2c1=O)c1cc2c(s1)CCC2. The largest absolute Gasteiger partial charge is 0.438 e. The predicted octanol–water partition coefficient (Wildman–Crippen LogP) is 2.16. The topological polar surface area (TPSA) is 74.1 Å². The fourth-order valence-corrected chi connectivity index (χ4v) is 3.88. The predicted molar refractivity (Wildman–Crippen MR) is 85.6 cm³/mol. The molecule has 2 aromatic heterocycles. The molecule has 0 bridgehead atoms. The minimum atomic E-state index is -0.425. The zero-order chi connectivity index (χ0) is 15.8. The Morgan fingerprint density at radius 1 is 1.30 bits per heavy atom. The lowest BCUT2D eigenvalue weighted by atomic mass is 10.2. The molecule has 0 amide bonds. The lowest BCUT2D eigenvalue weighted by molar-refractivity contribution is 0.0342. The van der Waals surface area contributed by atoms with Crippen molar-refractivity contribution in [3.8, 4) is 0 Å². The first-order valence-electron chi connectivity index (χ1n) is 7.33. The number of nitrogens with zero attached hydrogens (tertiary/aromatic N) is 3. The van der Waals surface area contributed by atoms with Gasteiger partial charge in [0.1, 0.15) is 10.4 Å². The van der Waals surface area contributed by atoms with Crippen LogP contribution in [0.3, 0.4) is 0 Å². The number of rotatable bonds is 3. The van der Waals surface area contributed by atoms with Gasteiger partial charge in [-0.1, -0.05) is 17.3 Å². The van der Waals surface area contributed by atoms with E-state index in [1.807, 2.05) is 6.07 Å². The summed E-state index contributed by atoms with van der Waals surface area (Å²) in [5.74, 6) is -0.425. The number of carbonyl (C=O) groups excluding carboxylic acids is 1. The zero-order valence-electron chi connectivity index (χ0n) is 12.2. The number of aryl methyl sites for hydroxylation is 2. The third-order valence-electron chi connectivity index (χ3n) is 3.90.